The number of rotatable bonds is 22. The molecule has 224 valence electrons. The molecular weight excluding hydrogens is 556 g/mol. The Bertz CT molecular complexity index is 656. The van der Waals surface area contributed by atoms with Crippen molar-refractivity contribution < 1.29 is 38.5 Å². The van der Waals surface area contributed by atoms with Gasteiger partial charge in [0.05, 0.1) is 27.2 Å². The first-order chi connectivity index (χ1) is 17.7. The Labute approximate surface area is 253 Å². The summed E-state index contributed by atoms with van der Waals surface area (Å²) < 4.78 is 8.78. The van der Waals surface area contributed by atoms with Crippen molar-refractivity contribution in [3.05, 3.63) is 37.4 Å². The molecule has 0 aliphatic rings. The molecule has 0 aliphatic carbocycles. The lowest BCUT2D eigenvalue weighted by Gasteiger charge is -2.01. The summed E-state index contributed by atoms with van der Waals surface area (Å²) >= 11 is 0. The van der Waals surface area contributed by atoms with E-state index in [1.54, 1.807) is 0 Å². The third-order valence-electron chi connectivity index (χ3n) is 7.19. The summed E-state index contributed by atoms with van der Waals surface area (Å²) in [6, 6.07) is 0. The van der Waals surface area contributed by atoms with Crippen LogP contribution in [-0.2, 0) is 27.2 Å². The minimum Gasteiger partial charge on any atom is -1.00 e. The Balaban J connectivity index is 0. The molecule has 0 aromatic carbocycles. The first kappa shape index (κ1) is 39.3. The molecule has 2 aromatic heterocycles. The maximum atomic E-state index is 2.28. The number of unbranched alkanes of at least 4 members (excludes halogenated alkanes) is 18. The van der Waals surface area contributed by atoms with Gasteiger partial charge in [-0.2, -0.15) is 0 Å². The number of aryl methyl sites for hydroxylation is 4. The summed E-state index contributed by atoms with van der Waals surface area (Å²) in [5, 5.41) is 0. The second-order valence-electron chi connectivity index (χ2n) is 11.0. The Morgan fingerprint density at radius 1 is 0.447 bits per heavy atom. The standard InChI is InChI=1S/2C16H31N2.BrH.ClH/c2*1-3-4-5-6-7-8-9-10-11-12-13-18-15-14-17(2)16-18;;/h2*14-16H,3-13H2,1-2H3;2*1H/q2*+1;;/p-2. The van der Waals surface area contributed by atoms with Crippen LogP contribution in [0.15, 0.2) is 37.4 Å². The minimum atomic E-state index is 0. The zero-order chi connectivity index (χ0) is 26.1. The third-order valence-corrected chi connectivity index (χ3v) is 7.19. The fourth-order valence-corrected chi connectivity index (χ4v) is 4.83. The van der Waals surface area contributed by atoms with E-state index in [1.807, 2.05) is 0 Å². The number of halogens is 2. The lowest BCUT2D eigenvalue weighted by molar-refractivity contribution is -0.671. The van der Waals surface area contributed by atoms with E-state index in [4.69, 9.17) is 0 Å². The lowest BCUT2D eigenvalue weighted by atomic mass is 10.1. The van der Waals surface area contributed by atoms with Crippen LogP contribution in [0.4, 0.5) is 0 Å². The summed E-state index contributed by atoms with van der Waals surface area (Å²) in [6.07, 6.45) is 41.1. The predicted octanol–water partition coefficient (Wildman–Crippen LogP) is 2.48. The van der Waals surface area contributed by atoms with E-state index in [0.717, 1.165) is 0 Å². The van der Waals surface area contributed by atoms with Crippen molar-refractivity contribution in [3.63, 3.8) is 0 Å². The molecule has 0 radical (unpaired) electrons. The molecule has 0 atom stereocenters. The van der Waals surface area contributed by atoms with Crippen LogP contribution in [0.2, 0.25) is 0 Å². The van der Waals surface area contributed by atoms with Gasteiger partial charge in [0.1, 0.15) is 24.8 Å². The maximum Gasteiger partial charge on any atom is 0.243 e. The quantitative estimate of drug-likeness (QED) is 0.143. The van der Waals surface area contributed by atoms with E-state index in [0.29, 0.717) is 0 Å². The third kappa shape index (κ3) is 24.2. The van der Waals surface area contributed by atoms with Gasteiger partial charge in [-0.1, -0.05) is 117 Å². The highest BCUT2D eigenvalue weighted by Crippen LogP contribution is 2.12. The van der Waals surface area contributed by atoms with Gasteiger partial charge in [-0.3, -0.25) is 0 Å². The van der Waals surface area contributed by atoms with E-state index in [-0.39, 0.29) is 29.4 Å². The first-order valence-corrected chi connectivity index (χ1v) is 15.7. The molecular formula is C32H62BrClN4. The van der Waals surface area contributed by atoms with Crippen LogP contribution >= 0.6 is 0 Å². The highest BCUT2D eigenvalue weighted by atomic mass is 79.9. The van der Waals surface area contributed by atoms with Crippen molar-refractivity contribution in [3.8, 4) is 0 Å². The molecule has 2 rings (SSSR count). The number of aromatic nitrogens is 4. The molecule has 0 unspecified atom stereocenters. The first-order valence-electron chi connectivity index (χ1n) is 15.7. The van der Waals surface area contributed by atoms with E-state index in [1.165, 1.54) is 142 Å². The number of hydrogen-bond donors (Lipinski definition) is 0. The smallest absolute Gasteiger partial charge is 0.243 e. The molecule has 4 nitrogen and oxygen atoms in total. The molecule has 0 N–H and O–H groups in total. The van der Waals surface area contributed by atoms with E-state index >= 15 is 0 Å². The summed E-state index contributed by atoms with van der Waals surface area (Å²) in [6.45, 7) is 6.92. The van der Waals surface area contributed by atoms with Crippen molar-refractivity contribution in [1.29, 1.82) is 0 Å². The maximum absolute atomic E-state index is 2.28. The van der Waals surface area contributed by atoms with Gasteiger partial charge in [-0.25, -0.2) is 18.3 Å². The molecule has 38 heavy (non-hydrogen) atoms. The van der Waals surface area contributed by atoms with E-state index in [2.05, 4.69) is 83.7 Å². The number of nitrogens with zero attached hydrogens (tertiary/aromatic N) is 4. The van der Waals surface area contributed by atoms with Crippen molar-refractivity contribution in [1.82, 2.24) is 9.13 Å². The highest BCUT2D eigenvalue weighted by Gasteiger charge is 2.00. The van der Waals surface area contributed by atoms with Crippen molar-refractivity contribution >= 4 is 0 Å². The Kier molecular flexibility index (Phi) is 30.2. The Morgan fingerprint density at radius 3 is 0.947 bits per heavy atom. The zero-order valence-corrected chi connectivity index (χ0v) is 27.9. The average molecular weight is 618 g/mol. The summed E-state index contributed by atoms with van der Waals surface area (Å²) in [5.74, 6) is 0. The molecule has 0 saturated heterocycles. The normalized spacial score (nSPS) is 10.4. The van der Waals surface area contributed by atoms with Gasteiger partial charge in [0.25, 0.3) is 0 Å². The van der Waals surface area contributed by atoms with Crippen LogP contribution in [0.1, 0.15) is 142 Å². The van der Waals surface area contributed by atoms with Crippen molar-refractivity contribution in [2.45, 2.75) is 155 Å². The fraction of sp³-hybridized carbons (Fsp3) is 0.812. The largest absolute Gasteiger partial charge is 1.00 e. The van der Waals surface area contributed by atoms with Gasteiger partial charge in [0, 0.05) is 0 Å². The topological polar surface area (TPSA) is 17.6 Å². The highest BCUT2D eigenvalue weighted by molar-refractivity contribution is 4.66. The molecule has 0 aliphatic heterocycles. The van der Waals surface area contributed by atoms with Crippen LogP contribution in [-0.4, -0.2) is 9.13 Å². The van der Waals surface area contributed by atoms with Crippen LogP contribution in [0.3, 0.4) is 0 Å². The van der Waals surface area contributed by atoms with Crippen molar-refractivity contribution in [2.75, 3.05) is 0 Å². The van der Waals surface area contributed by atoms with Gasteiger partial charge in [0.2, 0.25) is 12.7 Å². The number of hydrogen-bond acceptors (Lipinski definition) is 0. The van der Waals surface area contributed by atoms with Crippen molar-refractivity contribution in [2.24, 2.45) is 14.1 Å². The summed E-state index contributed by atoms with van der Waals surface area (Å²) in [7, 11) is 4.16. The Morgan fingerprint density at radius 2 is 0.711 bits per heavy atom. The summed E-state index contributed by atoms with van der Waals surface area (Å²) in [5.41, 5.74) is 0. The van der Waals surface area contributed by atoms with Gasteiger partial charge in [0.15, 0.2) is 0 Å². The van der Waals surface area contributed by atoms with Crippen LogP contribution in [0, 0.1) is 0 Å². The van der Waals surface area contributed by atoms with Crippen LogP contribution in [0.25, 0.3) is 0 Å². The van der Waals surface area contributed by atoms with E-state index in [9.17, 15) is 0 Å². The fourth-order valence-electron chi connectivity index (χ4n) is 4.83. The molecule has 2 aromatic rings. The Hall–Kier alpha value is -0.810. The molecule has 0 bridgehead atoms. The average Bonchev–Trinajstić information content (AvgIpc) is 3.49. The molecule has 0 saturated carbocycles. The lowest BCUT2D eigenvalue weighted by Crippen LogP contribution is -3.00. The summed E-state index contributed by atoms with van der Waals surface area (Å²) in [4.78, 5) is 0. The predicted molar refractivity (Wildman–Crippen MR) is 155 cm³/mol. The molecule has 0 amide bonds. The second kappa shape index (κ2) is 29.2. The molecule has 0 fully saturated rings. The van der Waals surface area contributed by atoms with Gasteiger partial charge < -0.3 is 29.4 Å². The molecule has 2 heterocycles. The monoisotopic (exact) mass is 616 g/mol. The number of imidazole rings is 2. The minimum absolute atomic E-state index is 0. The molecule has 6 heteroatoms. The van der Waals surface area contributed by atoms with Gasteiger partial charge >= 0.3 is 0 Å². The SMILES string of the molecule is CCCCCCCCCCCCn1cc[n+](C)c1.CCCCCCCCCCCCn1cc[n+](C)c1.[Br-].[Cl-]. The van der Waals surface area contributed by atoms with Crippen LogP contribution < -0.4 is 38.5 Å². The molecule has 0 spiro atoms. The van der Waals surface area contributed by atoms with E-state index < -0.39 is 0 Å². The van der Waals surface area contributed by atoms with Gasteiger partial charge in [-0.05, 0) is 25.7 Å². The van der Waals surface area contributed by atoms with Crippen LogP contribution in [0.5, 0.6) is 0 Å². The van der Waals surface area contributed by atoms with Gasteiger partial charge in [-0.15, -0.1) is 0 Å². The second-order valence-corrected chi connectivity index (χ2v) is 11.0. The zero-order valence-electron chi connectivity index (χ0n) is 25.6.